The molecule has 0 aliphatic carbocycles. The van der Waals surface area contributed by atoms with E-state index in [1.54, 1.807) is 18.9 Å². The highest BCUT2D eigenvalue weighted by Gasteiger charge is 2.06. The van der Waals surface area contributed by atoms with Crippen LogP contribution in [0.1, 0.15) is 22.3 Å². The van der Waals surface area contributed by atoms with Gasteiger partial charge in [-0.2, -0.15) is 0 Å². The van der Waals surface area contributed by atoms with Gasteiger partial charge in [0.15, 0.2) is 0 Å². The Balaban J connectivity index is 1.79. The van der Waals surface area contributed by atoms with Crippen molar-refractivity contribution >= 4 is 17.7 Å². The molecule has 4 heteroatoms. The number of hydrogen-bond acceptors (Lipinski definition) is 3. The minimum atomic E-state index is 0.0600. The zero-order valence-electron chi connectivity index (χ0n) is 14.8. The third-order valence-electron chi connectivity index (χ3n) is 4.00. The van der Waals surface area contributed by atoms with Crippen molar-refractivity contribution in [2.75, 3.05) is 19.4 Å². The maximum atomic E-state index is 12.0. The second kappa shape index (κ2) is 8.78. The van der Waals surface area contributed by atoms with Crippen molar-refractivity contribution in [2.45, 2.75) is 32.1 Å². The molecule has 0 unspecified atom stereocenters. The summed E-state index contributed by atoms with van der Waals surface area (Å²) < 4.78 is 5.37. The van der Waals surface area contributed by atoms with Crippen molar-refractivity contribution in [3.05, 3.63) is 58.7 Å². The van der Waals surface area contributed by atoms with Gasteiger partial charge >= 0.3 is 0 Å². The SMILES string of the molecule is COc1ccc(C)cc1CCNC(=O)CSc1ccc(C)c(C)c1. The lowest BCUT2D eigenvalue weighted by atomic mass is 10.1. The largest absolute Gasteiger partial charge is 0.496 e. The topological polar surface area (TPSA) is 38.3 Å². The smallest absolute Gasteiger partial charge is 0.230 e. The van der Waals surface area contributed by atoms with Crippen LogP contribution in [0.5, 0.6) is 5.75 Å². The van der Waals surface area contributed by atoms with Gasteiger partial charge < -0.3 is 10.1 Å². The molecule has 0 atom stereocenters. The predicted molar refractivity (Wildman–Crippen MR) is 101 cm³/mol. The van der Waals surface area contributed by atoms with Crippen LogP contribution < -0.4 is 10.1 Å². The highest BCUT2D eigenvalue weighted by atomic mass is 32.2. The summed E-state index contributed by atoms with van der Waals surface area (Å²) in [5.74, 6) is 1.37. The molecular weight excluding hydrogens is 318 g/mol. The number of thioether (sulfide) groups is 1. The van der Waals surface area contributed by atoms with Crippen LogP contribution in [0.2, 0.25) is 0 Å². The van der Waals surface area contributed by atoms with Gasteiger partial charge in [0.05, 0.1) is 12.9 Å². The van der Waals surface area contributed by atoms with Crippen molar-refractivity contribution in [1.29, 1.82) is 0 Å². The third-order valence-corrected chi connectivity index (χ3v) is 4.99. The molecule has 2 aromatic carbocycles. The summed E-state index contributed by atoms with van der Waals surface area (Å²) >= 11 is 1.57. The van der Waals surface area contributed by atoms with Gasteiger partial charge in [0, 0.05) is 11.4 Å². The van der Waals surface area contributed by atoms with Gasteiger partial charge in [-0.15, -0.1) is 11.8 Å². The van der Waals surface area contributed by atoms with E-state index in [-0.39, 0.29) is 5.91 Å². The van der Waals surface area contributed by atoms with Gasteiger partial charge in [-0.3, -0.25) is 4.79 Å². The Labute approximate surface area is 148 Å². The Morgan fingerprint density at radius 3 is 2.58 bits per heavy atom. The van der Waals surface area contributed by atoms with Crippen LogP contribution in [-0.2, 0) is 11.2 Å². The van der Waals surface area contributed by atoms with Crippen LogP contribution in [0.15, 0.2) is 41.3 Å². The molecule has 0 saturated carbocycles. The molecule has 1 N–H and O–H groups in total. The van der Waals surface area contributed by atoms with Crippen molar-refractivity contribution in [1.82, 2.24) is 5.32 Å². The fourth-order valence-electron chi connectivity index (χ4n) is 2.44. The number of carbonyl (C=O) groups is 1. The molecule has 128 valence electrons. The summed E-state index contributed by atoms with van der Waals surface area (Å²) in [7, 11) is 1.67. The molecule has 0 spiro atoms. The van der Waals surface area contributed by atoms with Crippen LogP contribution >= 0.6 is 11.8 Å². The zero-order chi connectivity index (χ0) is 17.5. The first-order valence-corrected chi connectivity index (χ1v) is 9.08. The number of hydrogen-bond donors (Lipinski definition) is 1. The number of amides is 1. The maximum Gasteiger partial charge on any atom is 0.230 e. The van der Waals surface area contributed by atoms with E-state index < -0.39 is 0 Å². The zero-order valence-corrected chi connectivity index (χ0v) is 15.6. The Bertz CT molecular complexity index is 713. The van der Waals surface area contributed by atoms with Crippen LogP contribution in [0.4, 0.5) is 0 Å². The lowest BCUT2D eigenvalue weighted by molar-refractivity contribution is -0.118. The van der Waals surface area contributed by atoms with E-state index in [0.717, 1.165) is 22.6 Å². The molecule has 2 rings (SSSR count). The normalized spacial score (nSPS) is 10.5. The maximum absolute atomic E-state index is 12.0. The summed E-state index contributed by atoms with van der Waals surface area (Å²) in [6.45, 7) is 6.86. The second-order valence-electron chi connectivity index (χ2n) is 5.95. The van der Waals surface area contributed by atoms with Crippen molar-refractivity contribution in [2.24, 2.45) is 0 Å². The lowest BCUT2D eigenvalue weighted by Crippen LogP contribution is -2.27. The van der Waals surface area contributed by atoms with Crippen molar-refractivity contribution < 1.29 is 9.53 Å². The lowest BCUT2D eigenvalue weighted by Gasteiger charge is -2.10. The van der Waals surface area contributed by atoms with Crippen LogP contribution in [0, 0.1) is 20.8 Å². The summed E-state index contributed by atoms with van der Waals surface area (Å²) in [6.07, 6.45) is 0.769. The average molecular weight is 343 g/mol. The molecule has 1 amide bonds. The highest BCUT2D eigenvalue weighted by Crippen LogP contribution is 2.21. The number of ether oxygens (including phenoxy) is 1. The number of benzene rings is 2. The van der Waals surface area contributed by atoms with E-state index in [1.165, 1.54) is 16.7 Å². The van der Waals surface area contributed by atoms with Crippen molar-refractivity contribution in [3.8, 4) is 5.75 Å². The van der Waals surface area contributed by atoms with Crippen molar-refractivity contribution in [3.63, 3.8) is 0 Å². The minimum Gasteiger partial charge on any atom is -0.496 e. The molecule has 0 aliphatic heterocycles. The number of methoxy groups -OCH3 is 1. The average Bonchev–Trinajstić information content (AvgIpc) is 2.56. The van der Waals surface area contributed by atoms with E-state index in [0.29, 0.717) is 12.3 Å². The van der Waals surface area contributed by atoms with E-state index in [1.807, 2.05) is 12.1 Å². The Hall–Kier alpha value is -1.94. The van der Waals surface area contributed by atoms with Crippen LogP contribution in [0.25, 0.3) is 0 Å². The number of rotatable bonds is 7. The second-order valence-corrected chi connectivity index (χ2v) is 7.00. The van der Waals surface area contributed by atoms with Gasteiger partial charge in [0.1, 0.15) is 5.75 Å². The molecule has 0 saturated heterocycles. The molecular formula is C20H25NO2S. The monoisotopic (exact) mass is 343 g/mol. The molecule has 0 fully saturated rings. The number of nitrogens with one attached hydrogen (secondary N) is 1. The first-order valence-electron chi connectivity index (χ1n) is 8.10. The van der Waals surface area contributed by atoms with E-state index in [4.69, 9.17) is 4.74 Å². The van der Waals surface area contributed by atoms with Gasteiger partial charge in [0.2, 0.25) is 5.91 Å². The number of aryl methyl sites for hydroxylation is 3. The molecule has 24 heavy (non-hydrogen) atoms. The Kier molecular flexibility index (Phi) is 6.73. The fourth-order valence-corrected chi connectivity index (χ4v) is 3.27. The first kappa shape index (κ1) is 18.4. The molecule has 0 aromatic heterocycles. The van der Waals surface area contributed by atoms with Gasteiger partial charge in [-0.1, -0.05) is 23.8 Å². The summed E-state index contributed by atoms with van der Waals surface area (Å²) in [4.78, 5) is 13.1. The first-order chi connectivity index (χ1) is 11.5. The molecule has 3 nitrogen and oxygen atoms in total. The highest BCUT2D eigenvalue weighted by molar-refractivity contribution is 8.00. The quantitative estimate of drug-likeness (QED) is 0.770. The summed E-state index contributed by atoms with van der Waals surface area (Å²) in [6, 6.07) is 12.4. The molecule has 0 bridgehead atoms. The molecule has 0 aliphatic rings. The standard InChI is InChI=1S/C20H25NO2S/c1-14-5-8-19(23-4)17(11-14)9-10-21-20(22)13-24-18-7-6-15(2)16(3)12-18/h5-8,11-12H,9-10,13H2,1-4H3,(H,21,22). The fraction of sp³-hybridized carbons (Fsp3) is 0.350. The van der Waals surface area contributed by atoms with E-state index >= 15 is 0 Å². The number of carbonyl (C=O) groups excluding carboxylic acids is 1. The van der Waals surface area contributed by atoms with Gasteiger partial charge in [-0.25, -0.2) is 0 Å². The van der Waals surface area contributed by atoms with Gasteiger partial charge in [0.25, 0.3) is 0 Å². The summed E-state index contributed by atoms with van der Waals surface area (Å²) in [5.41, 5.74) is 4.85. The third kappa shape index (κ3) is 5.31. The minimum absolute atomic E-state index is 0.0600. The molecule has 0 radical (unpaired) electrons. The summed E-state index contributed by atoms with van der Waals surface area (Å²) in [5, 5.41) is 2.98. The predicted octanol–water partition coefficient (Wildman–Crippen LogP) is 4.07. The molecule has 2 aromatic rings. The van der Waals surface area contributed by atoms with E-state index in [9.17, 15) is 4.79 Å². The Morgan fingerprint density at radius 2 is 1.88 bits per heavy atom. The molecule has 0 heterocycles. The van der Waals surface area contributed by atoms with E-state index in [2.05, 4.69) is 50.4 Å². The van der Waals surface area contributed by atoms with Gasteiger partial charge in [-0.05, 0) is 62.1 Å². The van der Waals surface area contributed by atoms with Crippen LogP contribution in [-0.4, -0.2) is 25.3 Å². The van der Waals surface area contributed by atoms with Crippen LogP contribution in [0.3, 0.4) is 0 Å². The Morgan fingerprint density at radius 1 is 1.08 bits per heavy atom.